The standard InChI is InChI=1S/C20H28FNO/c1-12(2)19-14(5)18(15-7-9-16(21)10-8-15)17(11-23-6)20(22-19)13(3)4/h7-10,12-13,20,22H,11H2,1-6H3. The van der Waals surface area contributed by atoms with Crippen LogP contribution >= 0.6 is 0 Å². The lowest BCUT2D eigenvalue weighted by Gasteiger charge is -2.37. The minimum absolute atomic E-state index is 0.206. The van der Waals surface area contributed by atoms with Gasteiger partial charge in [-0.3, -0.25) is 0 Å². The predicted molar refractivity (Wildman–Crippen MR) is 94.5 cm³/mol. The van der Waals surface area contributed by atoms with Crippen LogP contribution in [-0.4, -0.2) is 19.8 Å². The van der Waals surface area contributed by atoms with Crippen molar-refractivity contribution in [3.8, 4) is 0 Å². The van der Waals surface area contributed by atoms with Crippen molar-refractivity contribution in [1.82, 2.24) is 5.32 Å². The summed E-state index contributed by atoms with van der Waals surface area (Å²) in [5.74, 6) is 0.649. The van der Waals surface area contributed by atoms with Crippen LogP contribution in [0.15, 0.2) is 41.1 Å². The van der Waals surface area contributed by atoms with Gasteiger partial charge < -0.3 is 10.1 Å². The van der Waals surface area contributed by atoms with Crippen molar-refractivity contribution in [2.45, 2.75) is 40.7 Å². The molecule has 0 spiro atoms. The second-order valence-corrected chi connectivity index (χ2v) is 6.90. The normalized spacial score (nSPS) is 18.9. The number of benzene rings is 1. The largest absolute Gasteiger partial charge is 0.381 e. The molecule has 0 saturated carbocycles. The highest BCUT2D eigenvalue weighted by Gasteiger charge is 2.30. The third-order valence-corrected chi connectivity index (χ3v) is 4.46. The Balaban J connectivity index is 2.67. The highest BCUT2D eigenvalue weighted by Crippen LogP contribution is 2.37. The molecule has 2 rings (SSSR count). The molecule has 1 aromatic carbocycles. The summed E-state index contributed by atoms with van der Waals surface area (Å²) in [6.07, 6.45) is 0. The quantitative estimate of drug-likeness (QED) is 0.843. The van der Waals surface area contributed by atoms with Crippen LogP contribution in [0.3, 0.4) is 0 Å². The zero-order chi connectivity index (χ0) is 17.1. The minimum Gasteiger partial charge on any atom is -0.381 e. The van der Waals surface area contributed by atoms with Gasteiger partial charge in [-0.15, -0.1) is 0 Å². The van der Waals surface area contributed by atoms with Gasteiger partial charge in [0.05, 0.1) is 12.6 Å². The molecule has 2 nitrogen and oxygen atoms in total. The first-order valence-corrected chi connectivity index (χ1v) is 8.32. The molecule has 0 aliphatic carbocycles. The van der Waals surface area contributed by atoms with E-state index >= 15 is 0 Å². The van der Waals surface area contributed by atoms with Crippen molar-refractivity contribution >= 4 is 5.57 Å². The van der Waals surface area contributed by atoms with Crippen LogP contribution in [0, 0.1) is 17.7 Å². The van der Waals surface area contributed by atoms with Gasteiger partial charge in [0.15, 0.2) is 0 Å². The highest BCUT2D eigenvalue weighted by molar-refractivity contribution is 5.83. The molecule has 1 atom stereocenters. The van der Waals surface area contributed by atoms with Crippen LogP contribution in [0.4, 0.5) is 4.39 Å². The van der Waals surface area contributed by atoms with Gasteiger partial charge >= 0.3 is 0 Å². The van der Waals surface area contributed by atoms with E-state index in [1.165, 1.54) is 34.5 Å². The Labute approximate surface area is 139 Å². The zero-order valence-corrected chi connectivity index (χ0v) is 15.0. The summed E-state index contributed by atoms with van der Waals surface area (Å²) in [5.41, 5.74) is 6.00. The molecule has 1 N–H and O–H groups in total. The van der Waals surface area contributed by atoms with E-state index in [-0.39, 0.29) is 11.9 Å². The average molecular weight is 317 g/mol. The molecule has 0 bridgehead atoms. The number of rotatable bonds is 5. The summed E-state index contributed by atoms with van der Waals surface area (Å²) in [5, 5.41) is 3.72. The van der Waals surface area contributed by atoms with Crippen LogP contribution < -0.4 is 5.32 Å². The monoisotopic (exact) mass is 317 g/mol. The molecule has 0 amide bonds. The van der Waals surface area contributed by atoms with Gasteiger partial charge in [-0.05, 0) is 53.2 Å². The van der Waals surface area contributed by atoms with E-state index in [2.05, 4.69) is 39.9 Å². The third-order valence-electron chi connectivity index (χ3n) is 4.46. The van der Waals surface area contributed by atoms with E-state index in [9.17, 15) is 4.39 Å². The molecule has 1 aliphatic rings. The topological polar surface area (TPSA) is 21.3 Å². The predicted octanol–water partition coefficient (Wildman–Crippen LogP) is 4.78. The second kappa shape index (κ2) is 7.31. The smallest absolute Gasteiger partial charge is 0.123 e. The Morgan fingerprint density at radius 3 is 2.22 bits per heavy atom. The van der Waals surface area contributed by atoms with E-state index in [4.69, 9.17) is 4.74 Å². The summed E-state index contributed by atoms with van der Waals surface area (Å²) < 4.78 is 18.8. The van der Waals surface area contributed by atoms with Gasteiger partial charge in [0.1, 0.15) is 5.82 Å². The second-order valence-electron chi connectivity index (χ2n) is 6.90. The number of hydrogen-bond acceptors (Lipinski definition) is 2. The van der Waals surface area contributed by atoms with Gasteiger partial charge in [-0.25, -0.2) is 4.39 Å². The molecular weight excluding hydrogens is 289 g/mol. The lowest BCUT2D eigenvalue weighted by molar-refractivity contribution is 0.214. The Kier molecular flexibility index (Phi) is 5.64. The first kappa shape index (κ1) is 17.7. The van der Waals surface area contributed by atoms with Crippen molar-refractivity contribution in [2.75, 3.05) is 13.7 Å². The molecule has 0 saturated heterocycles. The number of methoxy groups -OCH3 is 1. The van der Waals surface area contributed by atoms with Gasteiger partial charge in [-0.2, -0.15) is 0 Å². The Hall–Kier alpha value is -1.61. The molecule has 0 aromatic heterocycles. The molecule has 3 heteroatoms. The number of hydrogen-bond donors (Lipinski definition) is 1. The van der Waals surface area contributed by atoms with Gasteiger partial charge in [0.2, 0.25) is 0 Å². The van der Waals surface area contributed by atoms with Crippen molar-refractivity contribution in [2.24, 2.45) is 11.8 Å². The van der Waals surface area contributed by atoms with Crippen molar-refractivity contribution < 1.29 is 9.13 Å². The fourth-order valence-corrected chi connectivity index (χ4v) is 3.40. The Bertz CT molecular complexity index is 611. The molecule has 1 aromatic rings. The summed E-state index contributed by atoms with van der Waals surface area (Å²) >= 11 is 0. The summed E-state index contributed by atoms with van der Waals surface area (Å²) in [6.45, 7) is 11.6. The molecule has 0 fully saturated rings. The minimum atomic E-state index is -0.206. The summed E-state index contributed by atoms with van der Waals surface area (Å²) in [7, 11) is 1.73. The van der Waals surface area contributed by atoms with Gasteiger partial charge in [0, 0.05) is 12.8 Å². The van der Waals surface area contributed by atoms with Crippen LogP contribution in [0.5, 0.6) is 0 Å². The van der Waals surface area contributed by atoms with E-state index < -0.39 is 0 Å². The van der Waals surface area contributed by atoms with Gasteiger partial charge in [-0.1, -0.05) is 39.8 Å². The lowest BCUT2D eigenvalue weighted by atomic mass is 9.81. The molecule has 1 unspecified atom stereocenters. The summed E-state index contributed by atoms with van der Waals surface area (Å²) in [6, 6.07) is 7.02. The number of allylic oxidation sites excluding steroid dienone is 3. The van der Waals surface area contributed by atoms with E-state index in [0.717, 1.165) is 5.56 Å². The van der Waals surface area contributed by atoms with Crippen molar-refractivity contribution in [3.63, 3.8) is 0 Å². The van der Waals surface area contributed by atoms with Crippen molar-refractivity contribution in [3.05, 3.63) is 52.5 Å². The fraction of sp³-hybridized carbons (Fsp3) is 0.500. The molecule has 1 heterocycles. The van der Waals surface area contributed by atoms with Crippen molar-refractivity contribution in [1.29, 1.82) is 0 Å². The number of dihydropyridines is 1. The van der Waals surface area contributed by atoms with E-state index in [0.29, 0.717) is 18.4 Å². The molecule has 23 heavy (non-hydrogen) atoms. The highest BCUT2D eigenvalue weighted by atomic mass is 19.1. The van der Waals surface area contributed by atoms with E-state index in [1.54, 1.807) is 7.11 Å². The maximum atomic E-state index is 13.3. The average Bonchev–Trinajstić information content (AvgIpc) is 2.48. The summed E-state index contributed by atoms with van der Waals surface area (Å²) in [4.78, 5) is 0. The van der Waals surface area contributed by atoms with Crippen LogP contribution in [-0.2, 0) is 4.74 Å². The first-order valence-electron chi connectivity index (χ1n) is 8.32. The maximum absolute atomic E-state index is 13.3. The first-order chi connectivity index (χ1) is 10.9. The third kappa shape index (κ3) is 3.66. The zero-order valence-electron chi connectivity index (χ0n) is 15.0. The van der Waals surface area contributed by atoms with E-state index in [1.807, 2.05) is 12.1 Å². The number of nitrogens with one attached hydrogen (secondary N) is 1. The Morgan fingerprint density at radius 1 is 1.13 bits per heavy atom. The Morgan fingerprint density at radius 2 is 1.74 bits per heavy atom. The molecule has 126 valence electrons. The SMILES string of the molecule is COCC1=C(c2ccc(F)cc2)C(C)=C(C(C)C)NC1C(C)C. The molecule has 0 radical (unpaired) electrons. The fourth-order valence-electron chi connectivity index (χ4n) is 3.40. The molecule has 1 aliphatic heterocycles. The van der Waals surface area contributed by atoms with Gasteiger partial charge in [0.25, 0.3) is 0 Å². The number of ether oxygens (including phenoxy) is 1. The lowest BCUT2D eigenvalue weighted by Crippen LogP contribution is -2.41. The molecular formula is C20H28FNO. The van der Waals surface area contributed by atoms with Crippen LogP contribution in [0.25, 0.3) is 5.57 Å². The maximum Gasteiger partial charge on any atom is 0.123 e. The van der Waals surface area contributed by atoms with Crippen LogP contribution in [0.1, 0.15) is 40.2 Å². The number of halogens is 1. The van der Waals surface area contributed by atoms with Crippen LogP contribution in [0.2, 0.25) is 0 Å².